The van der Waals surface area contributed by atoms with Gasteiger partial charge in [0.15, 0.2) is 0 Å². The second-order valence-corrected chi connectivity index (χ2v) is 4.26. The van der Waals surface area contributed by atoms with Crippen LogP contribution in [0, 0.1) is 0 Å². The topological polar surface area (TPSA) is 35.2 Å². The van der Waals surface area contributed by atoms with Crippen LogP contribution in [0.5, 0.6) is 0 Å². The van der Waals surface area contributed by atoms with E-state index in [4.69, 9.17) is 22.1 Å². The Morgan fingerprint density at radius 1 is 1.57 bits per heavy atom. The molecule has 0 bridgehead atoms. The molecule has 1 aliphatic carbocycles. The standard InChI is InChI=1S/C11H14ClNO/c1-14-7-11(13)6-5-8-9(11)3-2-4-10(8)12/h2-4H,5-7,13H2,1H3. The molecule has 3 heteroatoms. The van der Waals surface area contributed by atoms with Crippen LogP contribution < -0.4 is 5.73 Å². The first-order valence-corrected chi connectivity index (χ1v) is 5.11. The van der Waals surface area contributed by atoms with Gasteiger partial charge in [0.2, 0.25) is 0 Å². The summed E-state index contributed by atoms with van der Waals surface area (Å²) in [5, 5.41) is 0.825. The minimum Gasteiger partial charge on any atom is -0.382 e. The van der Waals surface area contributed by atoms with Crippen LogP contribution in [-0.2, 0) is 16.7 Å². The van der Waals surface area contributed by atoms with E-state index in [0.717, 1.165) is 23.4 Å². The first kappa shape index (κ1) is 9.97. The van der Waals surface area contributed by atoms with Crippen LogP contribution in [0.4, 0.5) is 0 Å². The molecule has 14 heavy (non-hydrogen) atoms. The summed E-state index contributed by atoms with van der Waals surface area (Å²) in [6.07, 6.45) is 1.87. The van der Waals surface area contributed by atoms with Crippen LogP contribution in [0.25, 0.3) is 0 Å². The third kappa shape index (κ3) is 1.44. The minimum atomic E-state index is -0.338. The number of hydrogen-bond donors (Lipinski definition) is 1. The fraction of sp³-hybridized carbons (Fsp3) is 0.455. The van der Waals surface area contributed by atoms with Gasteiger partial charge in [-0.05, 0) is 30.0 Å². The Balaban J connectivity index is 2.44. The summed E-state index contributed by atoms with van der Waals surface area (Å²) in [4.78, 5) is 0. The molecule has 0 radical (unpaired) electrons. The van der Waals surface area contributed by atoms with Gasteiger partial charge in [0.1, 0.15) is 0 Å². The zero-order chi connectivity index (χ0) is 10.2. The van der Waals surface area contributed by atoms with Gasteiger partial charge in [-0.1, -0.05) is 23.7 Å². The largest absolute Gasteiger partial charge is 0.382 e. The highest BCUT2D eigenvalue weighted by Gasteiger charge is 2.35. The van der Waals surface area contributed by atoms with E-state index >= 15 is 0 Å². The molecular weight excluding hydrogens is 198 g/mol. The Hall–Kier alpha value is -0.570. The maximum absolute atomic E-state index is 6.27. The lowest BCUT2D eigenvalue weighted by atomic mass is 9.94. The van der Waals surface area contributed by atoms with Crippen molar-refractivity contribution in [3.8, 4) is 0 Å². The zero-order valence-corrected chi connectivity index (χ0v) is 8.97. The Bertz CT molecular complexity index is 353. The average Bonchev–Trinajstić information content (AvgIpc) is 2.47. The van der Waals surface area contributed by atoms with Crippen molar-refractivity contribution < 1.29 is 4.74 Å². The number of hydrogen-bond acceptors (Lipinski definition) is 2. The molecule has 0 saturated heterocycles. The Morgan fingerprint density at radius 3 is 3.07 bits per heavy atom. The smallest absolute Gasteiger partial charge is 0.0684 e. The molecule has 76 valence electrons. The van der Waals surface area contributed by atoms with E-state index in [1.165, 1.54) is 5.56 Å². The molecule has 2 nitrogen and oxygen atoms in total. The second kappa shape index (κ2) is 3.54. The number of fused-ring (bicyclic) bond motifs is 1. The van der Waals surface area contributed by atoms with E-state index in [0.29, 0.717) is 6.61 Å². The molecule has 1 unspecified atom stereocenters. The normalized spacial score (nSPS) is 25.1. The van der Waals surface area contributed by atoms with E-state index < -0.39 is 0 Å². The van der Waals surface area contributed by atoms with Gasteiger partial charge in [0.25, 0.3) is 0 Å². The third-order valence-electron chi connectivity index (χ3n) is 2.88. The SMILES string of the molecule is COCC1(N)CCc2c(Cl)cccc21. The maximum Gasteiger partial charge on any atom is 0.0684 e. The Morgan fingerprint density at radius 2 is 2.36 bits per heavy atom. The summed E-state index contributed by atoms with van der Waals surface area (Å²) >= 11 is 6.10. The summed E-state index contributed by atoms with van der Waals surface area (Å²) < 4.78 is 5.16. The molecule has 0 saturated carbocycles. The van der Waals surface area contributed by atoms with Crippen molar-refractivity contribution in [1.82, 2.24) is 0 Å². The van der Waals surface area contributed by atoms with Crippen molar-refractivity contribution >= 4 is 11.6 Å². The van der Waals surface area contributed by atoms with Crippen LogP contribution in [0.15, 0.2) is 18.2 Å². The fourth-order valence-corrected chi connectivity index (χ4v) is 2.44. The first-order chi connectivity index (χ1) is 6.67. The van der Waals surface area contributed by atoms with Gasteiger partial charge in [-0.2, -0.15) is 0 Å². The third-order valence-corrected chi connectivity index (χ3v) is 3.23. The molecule has 2 rings (SSSR count). The molecule has 0 fully saturated rings. The predicted octanol–water partition coefficient (Wildman–Crippen LogP) is 2.09. The summed E-state index contributed by atoms with van der Waals surface area (Å²) in [6.45, 7) is 0.556. The van der Waals surface area contributed by atoms with Gasteiger partial charge in [0.05, 0.1) is 12.1 Å². The van der Waals surface area contributed by atoms with Gasteiger partial charge in [-0.15, -0.1) is 0 Å². The number of nitrogens with two attached hydrogens (primary N) is 1. The van der Waals surface area contributed by atoms with Gasteiger partial charge in [-0.3, -0.25) is 0 Å². The number of ether oxygens (including phenoxy) is 1. The molecule has 1 aliphatic rings. The lowest BCUT2D eigenvalue weighted by Gasteiger charge is -2.24. The number of halogens is 1. The number of methoxy groups -OCH3 is 1. The quantitative estimate of drug-likeness (QED) is 0.813. The van der Waals surface area contributed by atoms with Crippen molar-refractivity contribution in [3.63, 3.8) is 0 Å². The van der Waals surface area contributed by atoms with Crippen LogP contribution >= 0.6 is 11.6 Å². The highest BCUT2D eigenvalue weighted by Crippen LogP contribution is 2.38. The van der Waals surface area contributed by atoms with Crippen LogP contribution in [-0.4, -0.2) is 13.7 Å². The van der Waals surface area contributed by atoms with Crippen LogP contribution in [0.1, 0.15) is 17.5 Å². The summed E-state index contributed by atoms with van der Waals surface area (Å²) in [7, 11) is 1.68. The van der Waals surface area contributed by atoms with Crippen molar-refractivity contribution in [1.29, 1.82) is 0 Å². The average molecular weight is 212 g/mol. The molecule has 2 N–H and O–H groups in total. The highest BCUT2D eigenvalue weighted by molar-refractivity contribution is 6.31. The fourth-order valence-electron chi connectivity index (χ4n) is 2.17. The monoisotopic (exact) mass is 211 g/mol. The van der Waals surface area contributed by atoms with Crippen molar-refractivity contribution in [2.45, 2.75) is 18.4 Å². The minimum absolute atomic E-state index is 0.338. The number of rotatable bonds is 2. The molecule has 1 aromatic carbocycles. The Kier molecular flexibility index (Phi) is 2.52. The summed E-state index contributed by atoms with van der Waals surface area (Å²) in [5.74, 6) is 0. The lowest BCUT2D eigenvalue weighted by molar-refractivity contribution is 0.132. The lowest BCUT2D eigenvalue weighted by Crippen LogP contribution is -2.38. The van der Waals surface area contributed by atoms with Crippen LogP contribution in [0.2, 0.25) is 5.02 Å². The van der Waals surface area contributed by atoms with E-state index in [9.17, 15) is 0 Å². The molecule has 0 aromatic heterocycles. The molecule has 1 aromatic rings. The maximum atomic E-state index is 6.27. The molecule has 0 amide bonds. The molecule has 0 heterocycles. The van der Waals surface area contributed by atoms with Gasteiger partial charge in [0, 0.05) is 12.1 Å². The highest BCUT2D eigenvalue weighted by atomic mass is 35.5. The van der Waals surface area contributed by atoms with Crippen LogP contribution in [0.3, 0.4) is 0 Å². The van der Waals surface area contributed by atoms with E-state index in [1.54, 1.807) is 7.11 Å². The molecule has 0 spiro atoms. The first-order valence-electron chi connectivity index (χ1n) is 4.73. The molecule has 1 atom stereocenters. The van der Waals surface area contributed by atoms with E-state index in [2.05, 4.69) is 0 Å². The van der Waals surface area contributed by atoms with Crippen molar-refractivity contribution in [3.05, 3.63) is 34.3 Å². The summed E-state index contributed by atoms with van der Waals surface area (Å²) in [6, 6.07) is 5.91. The number of benzene rings is 1. The van der Waals surface area contributed by atoms with Gasteiger partial charge >= 0.3 is 0 Å². The predicted molar refractivity (Wildman–Crippen MR) is 57.5 cm³/mol. The molecule has 0 aliphatic heterocycles. The van der Waals surface area contributed by atoms with E-state index in [1.807, 2.05) is 18.2 Å². The van der Waals surface area contributed by atoms with Crippen molar-refractivity contribution in [2.24, 2.45) is 5.73 Å². The van der Waals surface area contributed by atoms with E-state index in [-0.39, 0.29) is 5.54 Å². The van der Waals surface area contributed by atoms with Gasteiger partial charge in [-0.25, -0.2) is 0 Å². The van der Waals surface area contributed by atoms with Gasteiger partial charge < -0.3 is 10.5 Å². The second-order valence-electron chi connectivity index (χ2n) is 3.86. The summed E-state index contributed by atoms with van der Waals surface area (Å²) in [5.41, 5.74) is 8.26. The molecular formula is C11H14ClNO. The van der Waals surface area contributed by atoms with Crippen molar-refractivity contribution in [2.75, 3.05) is 13.7 Å². The zero-order valence-electron chi connectivity index (χ0n) is 8.22. The Labute approximate surface area is 89.0 Å².